The monoisotopic (exact) mass is 227 g/mol. The molecule has 88 valence electrons. The van der Waals surface area contributed by atoms with Gasteiger partial charge in [-0.25, -0.2) is 0 Å². The molecule has 0 aliphatic rings. The Balaban J connectivity index is 2.18. The minimum absolute atomic E-state index is 0.531. The molecule has 1 aromatic carbocycles. The molecule has 0 aliphatic carbocycles. The summed E-state index contributed by atoms with van der Waals surface area (Å²) >= 11 is 0. The van der Waals surface area contributed by atoms with Gasteiger partial charge in [0.2, 0.25) is 0 Å². The SMILES string of the molecule is Cc1ccc(C)c(CC(O)c2ccccn2)c1. The summed E-state index contributed by atoms with van der Waals surface area (Å²) in [5.41, 5.74) is 4.35. The summed E-state index contributed by atoms with van der Waals surface area (Å²) in [5, 5.41) is 10.1. The summed E-state index contributed by atoms with van der Waals surface area (Å²) in [6, 6.07) is 11.9. The molecule has 0 aliphatic heterocycles. The third-order valence-corrected chi connectivity index (χ3v) is 2.95. The first-order valence-electron chi connectivity index (χ1n) is 5.82. The molecular formula is C15H17NO. The van der Waals surface area contributed by atoms with Crippen LogP contribution in [0.2, 0.25) is 0 Å². The van der Waals surface area contributed by atoms with Gasteiger partial charge in [0.1, 0.15) is 0 Å². The Hall–Kier alpha value is -1.67. The van der Waals surface area contributed by atoms with Crippen LogP contribution in [0, 0.1) is 13.8 Å². The van der Waals surface area contributed by atoms with Crippen LogP contribution in [0.3, 0.4) is 0 Å². The Kier molecular flexibility index (Phi) is 3.55. The van der Waals surface area contributed by atoms with Gasteiger partial charge in [0.25, 0.3) is 0 Å². The molecule has 1 aromatic heterocycles. The molecule has 2 heteroatoms. The molecule has 1 atom stereocenters. The Morgan fingerprint density at radius 1 is 1.18 bits per heavy atom. The van der Waals surface area contributed by atoms with E-state index in [-0.39, 0.29) is 0 Å². The van der Waals surface area contributed by atoms with E-state index in [1.54, 1.807) is 6.20 Å². The van der Waals surface area contributed by atoms with Gasteiger partial charge < -0.3 is 5.11 Å². The highest BCUT2D eigenvalue weighted by molar-refractivity contribution is 5.31. The number of aromatic nitrogens is 1. The third-order valence-electron chi connectivity index (χ3n) is 2.95. The van der Waals surface area contributed by atoms with E-state index in [1.165, 1.54) is 16.7 Å². The highest BCUT2D eigenvalue weighted by atomic mass is 16.3. The van der Waals surface area contributed by atoms with Crippen LogP contribution >= 0.6 is 0 Å². The summed E-state index contributed by atoms with van der Waals surface area (Å²) in [4.78, 5) is 4.18. The molecule has 0 saturated carbocycles. The summed E-state index contributed by atoms with van der Waals surface area (Å²) in [6.07, 6.45) is 1.79. The second-order valence-corrected chi connectivity index (χ2v) is 4.40. The summed E-state index contributed by atoms with van der Waals surface area (Å²) in [7, 11) is 0. The predicted octanol–water partition coefficient (Wildman–Crippen LogP) is 2.97. The zero-order chi connectivity index (χ0) is 12.3. The molecule has 2 aromatic rings. The van der Waals surface area contributed by atoms with Crippen LogP contribution in [-0.4, -0.2) is 10.1 Å². The van der Waals surface area contributed by atoms with E-state index >= 15 is 0 Å². The van der Waals surface area contributed by atoms with Gasteiger partial charge >= 0.3 is 0 Å². The number of aliphatic hydroxyl groups excluding tert-OH is 1. The van der Waals surface area contributed by atoms with Crippen LogP contribution in [0.15, 0.2) is 42.6 Å². The molecule has 0 saturated heterocycles. The standard InChI is InChI=1S/C15H17NO/c1-11-6-7-12(2)13(9-11)10-15(17)14-5-3-4-8-16-14/h3-9,15,17H,10H2,1-2H3. The van der Waals surface area contributed by atoms with E-state index in [0.717, 1.165) is 5.69 Å². The summed E-state index contributed by atoms with van der Waals surface area (Å²) in [6.45, 7) is 4.13. The van der Waals surface area contributed by atoms with Gasteiger partial charge in [-0.05, 0) is 37.1 Å². The molecule has 0 amide bonds. The number of rotatable bonds is 3. The van der Waals surface area contributed by atoms with Gasteiger partial charge in [-0.1, -0.05) is 29.8 Å². The highest BCUT2D eigenvalue weighted by Gasteiger charge is 2.10. The van der Waals surface area contributed by atoms with Crippen LogP contribution in [0.1, 0.15) is 28.5 Å². The van der Waals surface area contributed by atoms with Crippen LogP contribution in [0.4, 0.5) is 0 Å². The Labute approximate surface area is 102 Å². The fourth-order valence-corrected chi connectivity index (χ4v) is 1.91. The number of aryl methyl sites for hydroxylation is 2. The van der Waals surface area contributed by atoms with Crippen molar-refractivity contribution in [3.8, 4) is 0 Å². The second kappa shape index (κ2) is 5.11. The van der Waals surface area contributed by atoms with E-state index in [4.69, 9.17) is 0 Å². The molecule has 17 heavy (non-hydrogen) atoms. The lowest BCUT2D eigenvalue weighted by atomic mass is 9.99. The maximum Gasteiger partial charge on any atom is 0.1000 e. The van der Waals surface area contributed by atoms with Gasteiger partial charge in [-0.3, -0.25) is 4.98 Å². The quantitative estimate of drug-likeness (QED) is 0.874. The molecule has 0 spiro atoms. The van der Waals surface area contributed by atoms with Crippen molar-refractivity contribution in [3.63, 3.8) is 0 Å². The topological polar surface area (TPSA) is 33.1 Å². The lowest BCUT2D eigenvalue weighted by molar-refractivity contribution is 0.173. The van der Waals surface area contributed by atoms with Crippen molar-refractivity contribution in [2.75, 3.05) is 0 Å². The van der Waals surface area contributed by atoms with E-state index < -0.39 is 6.10 Å². The zero-order valence-electron chi connectivity index (χ0n) is 10.2. The van der Waals surface area contributed by atoms with Gasteiger partial charge in [-0.15, -0.1) is 0 Å². The highest BCUT2D eigenvalue weighted by Crippen LogP contribution is 2.19. The molecular weight excluding hydrogens is 210 g/mol. The van der Waals surface area contributed by atoms with Crippen molar-refractivity contribution >= 4 is 0 Å². The van der Waals surface area contributed by atoms with E-state index in [1.807, 2.05) is 18.2 Å². The fourth-order valence-electron chi connectivity index (χ4n) is 1.91. The minimum Gasteiger partial charge on any atom is -0.386 e. The zero-order valence-corrected chi connectivity index (χ0v) is 10.2. The average Bonchev–Trinajstić information content (AvgIpc) is 2.35. The number of hydrogen-bond donors (Lipinski definition) is 1. The molecule has 0 radical (unpaired) electrons. The first-order valence-corrected chi connectivity index (χ1v) is 5.82. The molecule has 0 fully saturated rings. The fraction of sp³-hybridized carbons (Fsp3) is 0.267. The van der Waals surface area contributed by atoms with Crippen molar-refractivity contribution in [2.24, 2.45) is 0 Å². The van der Waals surface area contributed by atoms with Crippen LogP contribution in [0.5, 0.6) is 0 Å². The summed E-state index contributed by atoms with van der Waals surface area (Å²) in [5.74, 6) is 0. The van der Waals surface area contributed by atoms with E-state index in [0.29, 0.717) is 6.42 Å². The molecule has 1 N–H and O–H groups in total. The first-order chi connectivity index (χ1) is 8.16. The van der Waals surface area contributed by atoms with Crippen molar-refractivity contribution < 1.29 is 5.11 Å². The van der Waals surface area contributed by atoms with Crippen molar-refractivity contribution in [3.05, 3.63) is 65.0 Å². The Morgan fingerprint density at radius 3 is 2.71 bits per heavy atom. The number of benzene rings is 1. The first kappa shape index (κ1) is 11.8. The van der Waals surface area contributed by atoms with Crippen molar-refractivity contribution in [2.45, 2.75) is 26.4 Å². The van der Waals surface area contributed by atoms with Crippen molar-refractivity contribution in [1.29, 1.82) is 0 Å². The van der Waals surface area contributed by atoms with Gasteiger partial charge in [0, 0.05) is 12.6 Å². The van der Waals surface area contributed by atoms with Crippen LogP contribution < -0.4 is 0 Å². The smallest absolute Gasteiger partial charge is 0.1000 e. The molecule has 1 unspecified atom stereocenters. The van der Waals surface area contributed by atoms with Crippen LogP contribution in [-0.2, 0) is 6.42 Å². The van der Waals surface area contributed by atoms with Gasteiger partial charge in [0.05, 0.1) is 11.8 Å². The van der Waals surface area contributed by atoms with Gasteiger partial charge in [-0.2, -0.15) is 0 Å². The Bertz CT molecular complexity index is 494. The molecule has 1 heterocycles. The van der Waals surface area contributed by atoms with E-state index in [2.05, 4.69) is 37.0 Å². The molecule has 2 nitrogen and oxygen atoms in total. The third kappa shape index (κ3) is 2.92. The number of aliphatic hydroxyl groups is 1. The predicted molar refractivity (Wildman–Crippen MR) is 68.8 cm³/mol. The number of nitrogens with zero attached hydrogens (tertiary/aromatic N) is 1. The largest absolute Gasteiger partial charge is 0.386 e. The maximum atomic E-state index is 10.1. The van der Waals surface area contributed by atoms with E-state index in [9.17, 15) is 5.11 Å². The van der Waals surface area contributed by atoms with Crippen molar-refractivity contribution in [1.82, 2.24) is 4.98 Å². The molecule has 0 bridgehead atoms. The maximum absolute atomic E-state index is 10.1. The van der Waals surface area contributed by atoms with Gasteiger partial charge in [0.15, 0.2) is 0 Å². The lowest BCUT2D eigenvalue weighted by Crippen LogP contribution is -2.05. The summed E-state index contributed by atoms with van der Waals surface area (Å²) < 4.78 is 0. The normalized spacial score (nSPS) is 12.4. The second-order valence-electron chi connectivity index (χ2n) is 4.40. The average molecular weight is 227 g/mol. The lowest BCUT2D eigenvalue weighted by Gasteiger charge is -2.12. The Morgan fingerprint density at radius 2 is 2.00 bits per heavy atom. The molecule has 2 rings (SSSR count). The van der Waals surface area contributed by atoms with Crippen LogP contribution in [0.25, 0.3) is 0 Å². The number of pyridine rings is 1. The minimum atomic E-state index is -0.531. The number of hydrogen-bond acceptors (Lipinski definition) is 2.